The molecule has 0 aromatic carbocycles. The van der Waals surface area contributed by atoms with Gasteiger partial charge in [-0.1, -0.05) is 0 Å². The van der Waals surface area contributed by atoms with Crippen LogP contribution in [0.15, 0.2) is 18.3 Å². The molecule has 1 aliphatic rings. The van der Waals surface area contributed by atoms with E-state index in [1.165, 1.54) is 6.92 Å². The minimum atomic E-state index is -4.47. The number of carbonyl (C=O) groups is 1. The zero-order valence-corrected chi connectivity index (χ0v) is 10.2. The van der Waals surface area contributed by atoms with Crippen LogP contribution in [0.2, 0.25) is 0 Å². The fourth-order valence-corrected chi connectivity index (χ4v) is 1.93. The first-order chi connectivity index (χ1) is 8.73. The molecule has 7 heteroatoms. The summed E-state index contributed by atoms with van der Waals surface area (Å²) in [5.74, 6) is -1.25. The lowest BCUT2D eigenvalue weighted by atomic mass is 9.96. The quantitative estimate of drug-likeness (QED) is 0.886. The molecule has 0 saturated heterocycles. The lowest BCUT2D eigenvalue weighted by Gasteiger charge is -2.27. The minimum Gasteiger partial charge on any atom is -0.480 e. The van der Waals surface area contributed by atoms with Crippen molar-refractivity contribution in [1.82, 2.24) is 4.98 Å². The van der Waals surface area contributed by atoms with Crippen molar-refractivity contribution >= 4 is 11.8 Å². The highest BCUT2D eigenvalue weighted by Crippen LogP contribution is 2.41. The topological polar surface area (TPSA) is 62.2 Å². The Bertz CT molecular complexity index is 500. The molecule has 1 aromatic rings. The normalized spacial score (nSPS) is 18.7. The van der Waals surface area contributed by atoms with Crippen molar-refractivity contribution < 1.29 is 23.1 Å². The molecular weight excluding hydrogens is 261 g/mol. The maximum Gasteiger partial charge on any atom is 0.416 e. The van der Waals surface area contributed by atoms with Gasteiger partial charge >= 0.3 is 12.1 Å². The SMILES string of the molecule is CC(Nc1cc(C(F)(F)F)ccn1)(C(=O)O)C1CC1. The molecule has 104 valence electrons. The molecule has 4 nitrogen and oxygen atoms in total. The van der Waals surface area contributed by atoms with Crippen LogP contribution < -0.4 is 5.32 Å². The number of hydrogen-bond donors (Lipinski definition) is 2. The Kier molecular flexibility index (Phi) is 3.15. The van der Waals surface area contributed by atoms with Crippen LogP contribution in [0.1, 0.15) is 25.3 Å². The molecule has 0 aliphatic heterocycles. The van der Waals surface area contributed by atoms with Gasteiger partial charge in [-0.05, 0) is 37.8 Å². The van der Waals surface area contributed by atoms with E-state index in [0.717, 1.165) is 31.2 Å². The van der Waals surface area contributed by atoms with Crippen molar-refractivity contribution in [2.24, 2.45) is 5.92 Å². The van der Waals surface area contributed by atoms with Crippen LogP contribution in [0.5, 0.6) is 0 Å². The molecule has 1 unspecified atom stereocenters. The summed E-state index contributed by atoms with van der Waals surface area (Å²) in [6.07, 6.45) is -1.97. The van der Waals surface area contributed by atoms with Crippen LogP contribution in [-0.4, -0.2) is 21.6 Å². The molecule has 1 atom stereocenters. The van der Waals surface area contributed by atoms with E-state index in [1.807, 2.05) is 0 Å². The highest BCUT2D eigenvalue weighted by Gasteiger charge is 2.48. The zero-order valence-electron chi connectivity index (χ0n) is 10.2. The number of nitrogens with one attached hydrogen (secondary N) is 1. The van der Waals surface area contributed by atoms with E-state index in [4.69, 9.17) is 0 Å². The van der Waals surface area contributed by atoms with Crippen molar-refractivity contribution in [3.63, 3.8) is 0 Å². The van der Waals surface area contributed by atoms with Crippen molar-refractivity contribution in [3.05, 3.63) is 23.9 Å². The van der Waals surface area contributed by atoms with Gasteiger partial charge in [-0.3, -0.25) is 0 Å². The Morgan fingerprint density at radius 2 is 2.11 bits per heavy atom. The van der Waals surface area contributed by atoms with E-state index in [9.17, 15) is 23.1 Å². The lowest BCUT2D eigenvalue weighted by molar-refractivity contribution is -0.142. The number of aliphatic carboxylic acids is 1. The summed E-state index contributed by atoms with van der Waals surface area (Å²) in [7, 11) is 0. The summed E-state index contributed by atoms with van der Waals surface area (Å²) in [4.78, 5) is 15.0. The Morgan fingerprint density at radius 3 is 2.58 bits per heavy atom. The molecule has 19 heavy (non-hydrogen) atoms. The second-order valence-electron chi connectivity index (χ2n) is 4.83. The van der Waals surface area contributed by atoms with E-state index >= 15 is 0 Å². The summed E-state index contributed by atoms with van der Waals surface area (Å²) < 4.78 is 37.7. The highest BCUT2D eigenvalue weighted by atomic mass is 19.4. The zero-order chi connectivity index (χ0) is 14.3. The highest BCUT2D eigenvalue weighted by molar-refractivity contribution is 5.82. The molecule has 0 spiro atoms. The van der Waals surface area contributed by atoms with Gasteiger partial charge in [0.1, 0.15) is 11.4 Å². The number of alkyl halides is 3. The van der Waals surface area contributed by atoms with Crippen molar-refractivity contribution in [2.75, 3.05) is 5.32 Å². The van der Waals surface area contributed by atoms with Gasteiger partial charge in [0, 0.05) is 6.20 Å². The standard InChI is InChI=1S/C12H13F3N2O2/c1-11(10(18)19,7-2-3-7)17-9-6-8(4-5-16-9)12(13,14)15/h4-7H,2-3H2,1H3,(H,16,17)(H,18,19). The average Bonchev–Trinajstić information content (AvgIpc) is 3.11. The van der Waals surface area contributed by atoms with Crippen molar-refractivity contribution in [2.45, 2.75) is 31.5 Å². The largest absolute Gasteiger partial charge is 0.480 e. The van der Waals surface area contributed by atoms with Crippen LogP contribution in [-0.2, 0) is 11.0 Å². The van der Waals surface area contributed by atoms with Gasteiger partial charge in [0.15, 0.2) is 0 Å². The molecular formula is C12H13F3N2O2. The van der Waals surface area contributed by atoms with Gasteiger partial charge in [-0.2, -0.15) is 13.2 Å². The molecule has 1 aromatic heterocycles. The molecule has 0 bridgehead atoms. The smallest absolute Gasteiger partial charge is 0.416 e. The Morgan fingerprint density at radius 1 is 1.47 bits per heavy atom. The fourth-order valence-electron chi connectivity index (χ4n) is 1.93. The van der Waals surface area contributed by atoms with Gasteiger partial charge in [0.05, 0.1) is 5.56 Å². The monoisotopic (exact) mass is 274 g/mol. The summed E-state index contributed by atoms with van der Waals surface area (Å²) >= 11 is 0. The molecule has 0 radical (unpaired) electrons. The molecule has 1 heterocycles. The third kappa shape index (κ3) is 2.80. The number of pyridine rings is 1. The maximum absolute atomic E-state index is 12.6. The number of hydrogen-bond acceptors (Lipinski definition) is 3. The van der Waals surface area contributed by atoms with Crippen LogP contribution in [0.4, 0.5) is 19.0 Å². The first-order valence-corrected chi connectivity index (χ1v) is 5.78. The number of anilines is 1. The van der Waals surface area contributed by atoms with Gasteiger partial charge in [0.2, 0.25) is 0 Å². The van der Waals surface area contributed by atoms with Crippen LogP contribution in [0.3, 0.4) is 0 Å². The lowest BCUT2D eigenvalue weighted by Crippen LogP contribution is -2.45. The predicted molar refractivity (Wildman–Crippen MR) is 61.6 cm³/mol. The third-order valence-corrected chi connectivity index (χ3v) is 3.31. The van der Waals surface area contributed by atoms with Gasteiger partial charge in [-0.25, -0.2) is 9.78 Å². The van der Waals surface area contributed by atoms with Crippen LogP contribution in [0.25, 0.3) is 0 Å². The second kappa shape index (κ2) is 4.40. The average molecular weight is 274 g/mol. The van der Waals surface area contributed by atoms with E-state index < -0.39 is 23.2 Å². The summed E-state index contributed by atoms with van der Waals surface area (Å²) in [6, 6.07) is 1.67. The molecule has 2 N–H and O–H groups in total. The van der Waals surface area contributed by atoms with E-state index in [2.05, 4.69) is 10.3 Å². The first-order valence-electron chi connectivity index (χ1n) is 5.78. The Hall–Kier alpha value is -1.79. The van der Waals surface area contributed by atoms with Gasteiger partial charge in [-0.15, -0.1) is 0 Å². The van der Waals surface area contributed by atoms with Crippen LogP contribution >= 0.6 is 0 Å². The van der Waals surface area contributed by atoms with E-state index in [1.54, 1.807) is 0 Å². The molecule has 1 saturated carbocycles. The molecule has 1 fully saturated rings. The molecule has 0 amide bonds. The Labute approximate surface area is 107 Å². The van der Waals surface area contributed by atoms with Gasteiger partial charge in [0.25, 0.3) is 0 Å². The number of rotatable bonds is 4. The van der Waals surface area contributed by atoms with E-state index in [-0.39, 0.29) is 11.7 Å². The summed E-state index contributed by atoms with van der Waals surface area (Å²) in [5.41, 5.74) is -2.13. The molecule has 1 aliphatic carbocycles. The maximum atomic E-state index is 12.6. The minimum absolute atomic E-state index is 0.0772. The number of nitrogens with zero attached hydrogens (tertiary/aromatic N) is 1. The Balaban J connectivity index is 2.25. The van der Waals surface area contributed by atoms with Crippen LogP contribution in [0, 0.1) is 5.92 Å². The number of carboxylic acids is 1. The van der Waals surface area contributed by atoms with Crippen molar-refractivity contribution in [1.29, 1.82) is 0 Å². The second-order valence-corrected chi connectivity index (χ2v) is 4.83. The van der Waals surface area contributed by atoms with Crippen molar-refractivity contribution in [3.8, 4) is 0 Å². The summed E-state index contributed by atoms with van der Waals surface area (Å²) in [6.45, 7) is 1.47. The fraction of sp³-hybridized carbons (Fsp3) is 0.500. The third-order valence-electron chi connectivity index (χ3n) is 3.31. The number of halogens is 3. The molecule has 2 rings (SSSR count). The first kappa shape index (κ1) is 13.6. The number of aromatic nitrogens is 1. The van der Waals surface area contributed by atoms with E-state index in [0.29, 0.717) is 0 Å². The number of carboxylic acid groups (broad SMARTS) is 1. The predicted octanol–water partition coefficient (Wildman–Crippen LogP) is 2.77. The van der Waals surface area contributed by atoms with Gasteiger partial charge < -0.3 is 10.4 Å². The summed E-state index contributed by atoms with van der Waals surface area (Å²) in [5, 5.41) is 11.8.